The van der Waals surface area contributed by atoms with Gasteiger partial charge >= 0.3 is 11.9 Å². The summed E-state index contributed by atoms with van der Waals surface area (Å²) >= 11 is 0. The third-order valence-corrected chi connectivity index (χ3v) is 3.15. The monoisotopic (exact) mass is 354 g/mol. The van der Waals surface area contributed by atoms with Gasteiger partial charge in [0.1, 0.15) is 24.5 Å². The molecule has 0 atom stereocenters. The van der Waals surface area contributed by atoms with Gasteiger partial charge in [0, 0.05) is 20.0 Å². The lowest BCUT2D eigenvalue weighted by Gasteiger charge is -2.20. The third kappa shape index (κ3) is 8.11. The number of hydrogen-bond donors (Lipinski definition) is 0. The van der Waals surface area contributed by atoms with Crippen molar-refractivity contribution in [2.45, 2.75) is 20.3 Å². The molecule has 0 saturated heterocycles. The van der Waals surface area contributed by atoms with Gasteiger partial charge in [0.25, 0.3) is 5.09 Å². The highest BCUT2D eigenvalue weighted by atomic mass is 16.9. The number of rotatable bonds is 11. The summed E-state index contributed by atoms with van der Waals surface area (Å²) in [5, 5.41) is 9.33. The Morgan fingerprint density at radius 2 is 1.84 bits per heavy atom. The van der Waals surface area contributed by atoms with Gasteiger partial charge in [0.15, 0.2) is 0 Å². The first-order valence-electron chi connectivity index (χ1n) is 7.88. The van der Waals surface area contributed by atoms with Crippen LogP contribution in [0.3, 0.4) is 0 Å². The van der Waals surface area contributed by atoms with Gasteiger partial charge < -0.3 is 14.3 Å². The molecule has 0 fully saturated rings. The molecule has 0 heterocycles. The van der Waals surface area contributed by atoms with Gasteiger partial charge in [-0.1, -0.05) is 19.1 Å². The summed E-state index contributed by atoms with van der Waals surface area (Å²) in [6, 6.07) is 6.31. The summed E-state index contributed by atoms with van der Waals surface area (Å²) in [6.07, 6.45) is 0.849. The van der Waals surface area contributed by atoms with Gasteiger partial charge in [-0.3, -0.25) is 9.69 Å². The van der Waals surface area contributed by atoms with Crippen LogP contribution in [0.5, 0.6) is 5.75 Å². The molecule has 138 valence electrons. The summed E-state index contributed by atoms with van der Waals surface area (Å²) < 4.78 is 10.2. The van der Waals surface area contributed by atoms with Gasteiger partial charge in [-0.25, -0.2) is 4.79 Å². The van der Waals surface area contributed by atoms with Crippen LogP contribution >= 0.6 is 0 Å². The van der Waals surface area contributed by atoms with E-state index in [0.717, 1.165) is 6.42 Å². The highest BCUT2D eigenvalue weighted by Gasteiger charge is 2.15. The molecule has 0 amide bonds. The van der Waals surface area contributed by atoms with E-state index in [0.29, 0.717) is 19.6 Å². The zero-order valence-corrected chi connectivity index (χ0v) is 14.3. The van der Waals surface area contributed by atoms with Crippen molar-refractivity contribution in [2.75, 3.05) is 32.8 Å². The summed E-state index contributed by atoms with van der Waals surface area (Å²) in [6.45, 7) is 4.75. The predicted octanol–water partition coefficient (Wildman–Crippen LogP) is 1.69. The van der Waals surface area contributed by atoms with Gasteiger partial charge in [-0.15, -0.1) is 10.1 Å². The van der Waals surface area contributed by atoms with E-state index < -0.39 is 17.0 Å². The molecule has 0 saturated carbocycles. The molecule has 0 N–H and O–H groups in total. The van der Waals surface area contributed by atoms with E-state index in [1.165, 1.54) is 19.1 Å². The Morgan fingerprint density at radius 1 is 1.16 bits per heavy atom. The molecule has 1 aromatic rings. The Hall–Kier alpha value is -2.68. The Labute approximate surface area is 145 Å². The second-order valence-electron chi connectivity index (χ2n) is 5.12. The second kappa shape index (κ2) is 11.0. The Kier molecular flexibility index (Phi) is 8.94. The topological polar surface area (TPSA) is 108 Å². The van der Waals surface area contributed by atoms with Gasteiger partial charge in [0.2, 0.25) is 0 Å². The zero-order valence-electron chi connectivity index (χ0n) is 14.3. The van der Waals surface area contributed by atoms with Crippen molar-refractivity contribution in [1.82, 2.24) is 4.90 Å². The van der Waals surface area contributed by atoms with Crippen LogP contribution in [-0.4, -0.2) is 54.8 Å². The van der Waals surface area contributed by atoms with Crippen LogP contribution in [-0.2, 0) is 14.4 Å². The lowest BCUT2D eigenvalue weighted by Crippen LogP contribution is -2.32. The molecule has 9 heteroatoms. The Bertz CT molecular complexity index is 592. The van der Waals surface area contributed by atoms with E-state index in [2.05, 4.69) is 4.84 Å². The molecule has 0 radical (unpaired) electrons. The SMILES string of the molecule is CCCN(CCOC(=O)c1ccccc1OC(C)=O)CCO[N+](=O)[O-]. The lowest BCUT2D eigenvalue weighted by atomic mass is 10.2. The minimum absolute atomic E-state index is 0.0454. The third-order valence-electron chi connectivity index (χ3n) is 3.15. The van der Waals surface area contributed by atoms with Crippen LogP contribution in [0.4, 0.5) is 0 Å². The quantitative estimate of drug-likeness (QED) is 0.256. The molecular formula is C16H22N2O7. The number of nitrogens with zero attached hydrogens (tertiary/aromatic N) is 2. The Balaban J connectivity index is 2.51. The van der Waals surface area contributed by atoms with Crippen molar-refractivity contribution in [3.8, 4) is 5.75 Å². The van der Waals surface area contributed by atoms with E-state index in [9.17, 15) is 19.7 Å². The number of hydrogen-bond acceptors (Lipinski definition) is 8. The fraction of sp³-hybridized carbons (Fsp3) is 0.500. The normalized spacial score (nSPS) is 10.4. The molecule has 0 spiro atoms. The summed E-state index contributed by atoms with van der Waals surface area (Å²) in [4.78, 5) is 39.6. The lowest BCUT2D eigenvalue weighted by molar-refractivity contribution is -0.757. The van der Waals surface area contributed by atoms with Crippen LogP contribution in [0.25, 0.3) is 0 Å². The van der Waals surface area contributed by atoms with Crippen molar-refractivity contribution >= 4 is 11.9 Å². The minimum Gasteiger partial charge on any atom is -0.461 e. The van der Waals surface area contributed by atoms with Gasteiger partial charge in [0.05, 0.1) is 0 Å². The fourth-order valence-corrected chi connectivity index (χ4v) is 2.12. The molecule has 0 aliphatic carbocycles. The number of para-hydroxylation sites is 1. The molecule has 1 aromatic carbocycles. The van der Waals surface area contributed by atoms with E-state index in [-0.39, 0.29) is 24.5 Å². The Morgan fingerprint density at radius 3 is 2.48 bits per heavy atom. The second-order valence-corrected chi connectivity index (χ2v) is 5.12. The summed E-state index contributed by atoms with van der Waals surface area (Å²) in [5.41, 5.74) is 0.163. The van der Waals surface area contributed by atoms with Crippen LogP contribution < -0.4 is 4.74 Å². The molecule has 9 nitrogen and oxygen atoms in total. The zero-order chi connectivity index (χ0) is 18.7. The number of esters is 2. The largest absolute Gasteiger partial charge is 0.461 e. The van der Waals surface area contributed by atoms with E-state index in [1.807, 2.05) is 11.8 Å². The number of carbonyl (C=O) groups excluding carboxylic acids is 2. The summed E-state index contributed by atoms with van der Waals surface area (Å²) in [7, 11) is 0. The highest BCUT2D eigenvalue weighted by Crippen LogP contribution is 2.19. The van der Waals surface area contributed by atoms with Gasteiger partial charge in [-0.2, -0.15) is 0 Å². The molecule has 0 aliphatic heterocycles. The molecule has 25 heavy (non-hydrogen) atoms. The fourth-order valence-electron chi connectivity index (χ4n) is 2.12. The van der Waals surface area contributed by atoms with Crippen molar-refractivity contribution in [1.29, 1.82) is 0 Å². The first-order valence-corrected chi connectivity index (χ1v) is 7.88. The molecule has 0 unspecified atom stereocenters. The van der Waals surface area contributed by atoms with Crippen LogP contribution in [0, 0.1) is 10.1 Å². The predicted molar refractivity (Wildman–Crippen MR) is 87.7 cm³/mol. The van der Waals surface area contributed by atoms with Crippen molar-refractivity contribution < 1.29 is 29.0 Å². The smallest absolute Gasteiger partial charge is 0.341 e. The van der Waals surface area contributed by atoms with Crippen molar-refractivity contribution in [3.05, 3.63) is 39.9 Å². The van der Waals surface area contributed by atoms with Crippen LogP contribution in [0.1, 0.15) is 30.6 Å². The maximum atomic E-state index is 12.1. The molecule has 0 aliphatic rings. The minimum atomic E-state index is -0.837. The maximum absolute atomic E-state index is 12.1. The van der Waals surface area contributed by atoms with E-state index >= 15 is 0 Å². The van der Waals surface area contributed by atoms with Crippen molar-refractivity contribution in [3.63, 3.8) is 0 Å². The average molecular weight is 354 g/mol. The summed E-state index contributed by atoms with van der Waals surface area (Å²) in [5.74, 6) is -0.986. The van der Waals surface area contributed by atoms with Crippen LogP contribution in [0.2, 0.25) is 0 Å². The average Bonchev–Trinajstić information content (AvgIpc) is 2.54. The van der Waals surface area contributed by atoms with Gasteiger partial charge in [-0.05, 0) is 25.1 Å². The molecule has 0 aromatic heterocycles. The van der Waals surface area contributed by atoms with E-state index in [1.54, 1.807) is 12.1 Å². The number of carbonyl (C=O) groups is 2. The molecule has 1 rings (SSSR count). The number of ether oxygens (including phenoxy) is 2. The standard InChI is InChI=1S/C16H22N2O7/c1-3-8-17(10-12-24-18(21)22)9-11-23-16(20)14-6-4-5-7-15(14)25-13(2)19/h4-7H,3,8-12H2,1-2H3. The molecular weight excluding hydrogens is 332 g/mol. The number of benzene rings is 1. The van der Waals surface area contributed by atoms with E-state index in [4.69, 9.17) is 9.47 Å². The molecule has 0 bridgehead atoms. The first kappa shape index (κ1) is 20.4. The maximum Gasteiger partial charge on any atom is 0.341 e. The van der Waals surface area contributed by atoms with Crippen molar-refractivity contribution in [2.24, 2.45) is 0 Å². The first-order chi connectivity index (χ1) is 11.9. The van der Waals surface area contributed by atoms with Crippen LogP contribution in [0.15, 0.2) is 24.3 Å². The highest BCUT2D eigenvalue weighted by molar-refractivity contribution is 5.93.